The van der Waals surface area contributed by atoms with Crippen LogP contribution in [0.1, 0.15) is 31.1 Å². The Hall–Kier alpha value is -1.95. The molecule has 0 aliphatic rings. The summed E-state index contributed by atoms with van der Waals surface area (Å²) in [5.74, 6) is 0.462. The molecule has 0 amide bonds. The second kappa shape index (κ2) is 7.17. The molecule has 1 rings (SSSR count). The van der Waals surface area contributed by atoms with Gasteiger partial charge in [0.2, 0.25) is 0 Å². The van der Waals surface area contributed by atoms with Gasteiger partial charge >= 0.3 is 5.97 Å². The van der Waals surface area contributed by atoms with Crippen molar-refractivity contribution in [2.24, 2.45) is 5.41 Å². The van der Waals surface area contributed by atoms with Crippen molar-refractivity contribution in [1.29, 1.82) is 0 Å². The van der Waals surface area contributed by atoms with Crippen LogP contribution < -0.4 is 14.2 Å². The number of hydrogen-bond donors (Lipinski definition) is 0. The highest BCUT2D eigenvalue weighted by Crippen LogP contribution is 2.35. The first-order valence-electron chi connectivity index (χ1n) is 6.34. The molecule has 117 valence electrons. The van der Waals surface area contributed by atoms with Crippen molar-refractivity contribution in [1.82, 2.24) is 0 Å². The maximum absolute atomic E-state index is 12.0. The van der Waals surface area contributed by atoms with Gasteiger partial charge in [0.15, 0.2) is 11.5 Å². The van der Waals surface area contributed by atoms with Crippen molar-refractivity contribution in [3.8, 4) is 17.2 Å². The van der Waals surface area contributed by atoms with E-state index in [9.17, 15) is 4.79 Å². The van der Waals surface area contributed by atoms with Crippen molar-refractivity contribution in [3.05, 3.63) is 24.3 Å². The van der Waals surface area contributed by atoms with Crippen molar-refractivity contribution in [3.63, 3.8) is 0 Å². The molecule has 0 bridgehead atoms. The van der Waals surface area contributed by atoms with Crippen LogP contribution in [0.15, 0.2) is 12.1 Å². The van der Waals surface area contributed by atoms with Crippen LogP contribution in [0.5, 0.6) is 17.2 Å². The minimum Gasteiger partial charge on any atom is -0.496 e. The Morgan fingerprint density at radius 2 is 1.48 bits per heavy atom. The SMILES string of the molecule is COc1cc(OC)c(C(=O)OO[CH]C(C)(C)C)cc1OC. The van der Waals surface area contributed by atoms with Gasteiger partial charge < -0.3 is 14.2 Å². The molecule has 0 spiro atoms. The van der Waals surface area contributed by atoms with Gasteiger partial charge in [-0.25, -0.2) is 4.79 Å². The second-order valence-corrected chi connectivity index (χ2v) is 5.36. The van der Waals surface area contributed by atoms with Gasteiger partial charge in [-0.1, -0.05) is 20.8 Å². The summed E-state index contributed by atoms with van der Waals surface area (Å²) < 4.78 is 15.4. The average Bonchev–Trinajstić information content (AvgIpc) is 2.44. The summed E-state index contributed by atoms with van der Waals surface area (Å²) in [7, 11) is 4.42. The van der Waals surface area contributed by atoms with Crippen LogP contribution in [0.3, 0.4) is 0 Å². The van der Waals surface area contributed by atoms with Gasteiger partial charge in [0.05, 0.1) is 21.3 Å². The predicted molar refractivity (Wildman–Crippen MR) is 76.4 cm³/mol. The van der Waals surface area contributed by atoms with E-state index in [0.29, 0.717) is 17.2 Å². The lowest BCUT2D eigenvalue weighted by Gasteiger charge is -2.16. The van der Waals surface area contributed by atoms with Crippen LogP contribution in [0.25, 0.3) is 0 Å². The Morgan fingerprint density at radius 1 is 0.952 bits per heavy atom. The Morgan fingerprint density at radius 3 is 1.95 bits per heavy atom. The highest BCUT2D eigenvalue weighted by molar-refractivity contribution is 5.93. The van der Waals surface area contributed by atoms with E-state index in [0.717, 1.165) is 0 Å². The summed E-state index contributed by atoms with van der Waals surface area (Å²) in [6.45, 7) is 7.17. The highest BCUT2D eigenvalue weighted by atomic mass is 17.2. The molecule has 21 heavy (non-hydrogen) atoms. The molecule has 1 aromatic rings. The van der Waals surface area contributed by atoms with Gasteiger partial charge in [0.25, 0.3) is 0 Å². The molecule has 0 unspecified atom stereocenters. The molecule has 6 heteroatoms. The molecule has 0 aliphatic carbocycles. The summed E-state index contributed by atoms with van der Waals surface area (Å²) in [6, 6.07) is 3.02. The fourth-order valence-electron chi connectivity index (χ4n) is 1.45. The quantitative estimate of drug-likeness (QED) is 0.594. The van der Waals surface area contributed by atoms with E-state index in [1.165, 1.54) is 34.0 Å². The molecule has 6 nitrogen and oxygen atoms in total. The molecule has 0 aliphatic heterocycles. The minimum absolute atomic E-state index is 0.178. The van der Waals surface area contributed by atoms with Gasteiger partial charge in [0.1, 0.15) is 17.9 Å². The zero-order valence-corrected chi connectivity index (χ0v) is 13.2. The van der Waals surface area contributed by atoms with E-state index < -0.39 is 5.97 Å². The average molecular weight is 297 g/mol. The zero-order valence-electron chi connectivity index (χ0n) is 13.2. The molecule has 0 saturated carbocycles. The first-order chi connectivity index (χ1) is 9.82. The first kappa shape index (κ1) is 17.1. The molecule has 0 heterocycles. The van der Waals surface area contributed by atoms with E-state index in [1.807, 2.05) is 20.8 Å². The topological polar surface area (TPSA) is 63.2 Å². The van der Waals surface area contributed by atoms with Crippen molar-refractivity contribution >= 4 is 5.97 Å². The monoisotopic (exact) mass is 297 g/mol. The van der Waals surface area contributed by atoms with Crippen molar-refractivity contribution in [2.75, 3.05) is 21.3 Å². The lowest BCUT2D eigenvalue weighted by molar-refractivity contribution is -0.224. The summed E-state index contributed by atoms with van der Waals surface area (Å²) in [6.07, 6.45) is 0. The Bertz CT molecular complexity index is 490. The van der Waals surface area contributed by atoms with Crippen LogP contribution in [-0.2, 0) is 9.78 Å². The summed E-state index contributed by atoms with van der Waals surface area (Å²) in [4.78, 5) is 21.6. The Labute approximate surface area is 124 Å². The fraction of sp³-hybridized carbons (Fsp3) is 0.467. The fourth-order valence-corrected chi connectivity index (χ4v) is 1.45. The largest absolute Gasteiger partial charge is 0.496 e. The number of carbonyl (C=O) groups excluding carboxylic acids is 1. The molecular formula is C15H21O6. The minimum atomic E-state index is -0.687. The normalized spacial score (nSPS) is 11.0. The third kappa shape index (κ3) is 4.82. The maximum atomic E-state index is 12.0. The molecule has 0 N–H and O–H groups in total. The highest BCUT2D eigenvalue weighted by Gasteiger charge is 2.21. The smallest absolute Gasteiger partial charge is 0.376 e. The predicted octanol–water partition coefficient (Wildman–Crippen LogP) is 3.01. The van der Waals surface area contributed by atoms with E-state index in [1.54, 1.807) is 6.07 Å². The molecular weight excluding hydrogens is 276 g/mol. The number of hydrogen-bond acceptors (Lipinski definition) is 6. The van der Waals surface area contributed by atoms with Crippen molar-refractivity contribution in [2.45, 2.75) is 20.8 Å². The number of carbonyl (C=O) groups is 1. The lowest BCUT2D eigenvalue weighted by Crippen LogP contribution is -2.13. The van der Waals surface area contributed by atoms with Crippen molar-refractivity contribution < 1.29 is 28.8 Å². The van der Waals surface area contributed by atoms with Gasteiger partial charge in [-0.3, -0.25) is 4.89 Å². The molecule has 0 fully saturated rings. The third-order valence-corrected chi connectivity index (χ3v) is 2.45. The molecule has 1 aromatic carbocycles. The van der Waals surface area contributed by atoms with Gasteiger partial charge in [0, 0.05) is 12.1 Å². The second-order valence-electron chi connectivity index (χ2n) is 5.36. The number of benzene rings is 1. The van der Waals surface area contributed by atoms with Crippen LogP contribution in [0.2, 0.25) is 0 Å². The van der Waals surface area contributed by atoms with Crippen LogP contribution in [-0.4, -0.2) is 27.3 Å². The Balaban J connectivity index is 2.92. The third-order valence-electron chi connectivity index (χ3n) is 2.45. The van der Waals surface area contributed by atoms with E-state index in [-0.39, 0.29) is 11.0 Å². The van der Waals surface area contributed by atoms with Crippen LogP contribution in [0.4, 0.5) is 0 Å². The van der Waals surface area contributed by atoms with Crippen LogP contribution in [0, 0.1) is 12.0 Å². The number of methoxy groups -OCH3 is 3. The standard InChI is InChI=1S/C15H21O6/c1-15(2,3)9-20-21-14(16)10-7-12(18-5)13(19-6)8-11(10)17-4/h7-9H,1-6H3. The van der Waals surface area contributed by atoms with Crippen LogP contribution >= 0.6 is 0 Å². The Kier molecular flexibility index (Phi) is 5.84. The molecule has 1 radical (unpaired) electrons. The van der Waals surface area contributed by atoms with Gasteiger partial charge in [-0.05, 0) is 5.41 Å². The van der Waals surface area contributed by atoms with E-state index in [4.69, 9.17) is 24.0 Å². The zero-order chi connectivity index (χ0) is 16.0. The van der Waals surface area contributed by atoms with E-state index >= 15 is 0 Å². The van der Waals surface area contributed by atoms with E-state index in [2.05, 4.69) is 0 Å². The summed E-state index contributed by atoms with van der Waals surface area (Å²) >= 11 is 0. The van der Waals surface area contributed by atoms with Gasteiger partial charge in [-0.2, -0.15) is 4.89 Å². The van der Waals surface area contributed by atoms with Gasteiger partial charge in [-0.15, -0.1) is 0 Å². The lowest BCUT2D eigenvalue weighted by atomic mass is 9.99. The maximum Gasteiger partial charge on any atom is 0.376 e. The molecule has 0 atom stereocenters. The number of rotatable bonds is 6. The molecule has 0 aromatic heterocycles. The number of ether oxygens (including phenoxy) is 3. The summed E-state index contributed by atoms with van der Waals surface area (Å²) in [5, 5.41) is 0. The first-order valence-corrected chi connectivity index (χ1v) is 6.34. The molecule has 0 saturated heterocycles. The summed E-state index contributed by atoms with van der Waals surface area (Å²) in [5.41, 5.74) is -0.0560.